The largest absolute Gasteiger partial charge is 0.434 e. The van der Waals surface area contributed by atoms with Gasteiger partial charge < -0.3 is 0 Å². The Labute approximate surface area is 94.8 Å². The van der Waals surface area contributed by atoms with E-state index in [2.05, 4.69) is 20.9 Å². The minimum Gasteiger partial charge on any atom is -0.249 e. The van der Waals surface area contributed by atoms with E-state index >= 15 is 0 Å². The lowest BCUT2D eigenvalue weighted by Crippen LogP contribution is -2.13. The highest BCUT2D eigenvalue weighted by Crippen LogP contribution is 2.37. The molecule has 2 nitrogen and oxygen atoms in total. The molecule has 0 saturated carbocycles. The molecule has 1 heterocycles. The van der Waals surface area contributed by atoms with Gasteiger partial charge in [-0.05, 0) is 15.9 Å². The zero-order valence-corrected chi connectivity index (χ0v) is 8.90. The van der Waals surface area contributed by atoms with Crippen LogP contribution in [0.15, 0.2) is 10.7 Å². The maximum atomic E-state index is 12.5. The van der Waals surface area contributed by atoms with E-state index in [0.29, 0.717) is 6.20 Å². The average molecular weight is 301 g/mol. The fourth-order valence-corrected chi connectivity index (χ4v) is 1.52. The van der Waals surface area contributed by atoms with Gasteiger partial charge in [-0.2, -0.15) is 18.4 Å². The summed E-state index contributed by atoms with van der Waals surface area (Å²) in [5.74, 6) is 0. The quantitative estimate of drug-likeness (QED) is 0.742. The molecule has 16 heavy (non-hydrogen) atoms. The third-order valence-corrected chi connectivity index (χ3v) is 2.30. The first-order valence-electron chi connectivity index (χ1n) is 3.73. The number of rotatable bonds is 1. The Morgan fingerprint density at radius 2 is 1.94 bits per heavy atom. The summed E-state index contributed by atoms with van der Waals surface area (Å²) in [5.41, 5.74) is -3.75. The molecule has 0 amide bonds. The van der Waals surface area contributed by atoms with E-state index < -0.39 is 29.4 Å². The highest BCUT2D eigenvalue weighted by Gasteiger charge is 2.38. The molecule has 0 aliphatic rings. The molecule has 1 rings (SSSR count). The predicted octanol–water partition coefficient (Wildman–Crippen LogP) is 3.67. The Kier molecular flexibility index (Phi) is 3.48. The van der Waals surface area contributed by atoms with Gasteiger partial charge in [0, 0.05) is 10.7 Å². The molecule has 86 valence electrons. The van der Waals surface area contributed by atoms with Gasteiger partial charge in [0.05, 0.1) is 11.1 Å². The van der Waals surface area contributed by atoms with Crippen molar-refractivity contribution in [3.8, 4) is 6.07 Å². The topological polar surface area (TPSA) is 36.7 Å². The Morgan fingerprint density at radius 1 is 1.38 bits per heavy atom. The monoisotopic (exact) mass is 300 g/mol. The average Bonchev–Trinajstić information content (AvgIpc) is 2.14. The lowest BCUT2D eigenvalue weighted by Gasteiger charge is -2.11. The normalized spacial score (nSPS) is 11.6. The van der Waals surface area contributed by atoms with E-state index in [1.807, 2.05) is 0 Å². The van der Waals surface area contributed by atoms with Crippen LogP contribution < -0.4 is 0 Å². The molecular formula is C8H2BrF5N2. The van der Waals surface area contributed by atoms with Crippen LogP contribution in [0.5, 0.6) is 0 Å². The minimum atomic E-state index is -4.94. The van der Waals surface area contributed by atoms with Crippen molar-refractivity contribution in [2.24, 2.45) is 0 Å². The van der Waals surface area contributed by atoms with Crippen molar-refractivity contribution in [1.29, 1.82) is 5.26 Å². The number of nitriles is 1. The van der Waals surface area contributed by atoms with Crippen molar-refractivity contribution in [2.45, 2.75) is 12.6 Å². The highest BCUT2D eigenvalue weighted by atomic mass is 79.9. The predicted molar refractivity (Wildman–Crippen MR) is 46.6 cm³/mol. The molecule has 1 aromatic heterocycles. The second-order valence-electron chi connectivity index (χ2n) is 2.65. The summed E-state index contributed by atoms with van der Waals surface area (Å²) in [4.78, 5) is 2.94. The Hall–Kier alpha value is -1.23. The van der Waals surface area contributed by atoms with Crippen LogP contribution >= 0.6 is 15.9 Å². The molecule has 0 radical (unpaired) electrons. The second kappa shape index (κ2) is 4.33. The summed E-state index contributed by atoms with van der Waals surface area (Å²) < 4.78 is 61.6. The summed E-state index contributed by atoms with van der Waals surface area (Å²) in [5, 5.41) is 8.49. The van der Waals surface area contributed by atoms with Gasteiger partial charge in [0.15, 0.2) is 5.69 Å². The zero-order chi connectivity index (χ0) is 12.5. The molecule has 0 unspecified atom stereocenters. The van der Waals surface area contributed by atoms with Gasteiger partial charge in [-0.25, -0.2) is 13.8 Å². The van der Waals surface area contributed by atoms with Crippen molar-refractivity contribution in [2.75, 3.05) is 0 Å². The second-order valence-corrected chi connectivity index (χ2v) is 3.51. The van der Waals surface area contributed by atoms with Crippen LogP contribution in [-0.4, -0.2) is 4.98 Å². The SMILES string of the molecule is N#Cc1c(C(F)(F)F)ncc(Br)c1C(F)F. The van der Waals surface area contributed by atoms with Crippen molar-refractivity contribution < 1.29 is 22.0 Å². The van der Waals surface area contributed by atoms with Gasteiger partial charge in [-0.15, -0.1) is 0 Å². The summed E-state index contributed by atoms with van der Waals surface area (Å²) >= 11 is 2.63. The number of hydrogen-bond acceptors (Lipinski definition) is 2. The minimum absolute atomic E-state index is 0.327. The standard InChI is InChI=1S/C8H2BrF5N2/c9-4-2-16-6(8(12,13)14)3(1-15)5(4)7(10)11/h2,7H. The molecule has 0 N–H and O–H groups in total. The summed E-state index contributed by atoms with van der Waals surface area (Å²) in [6.07, 6.45) is -7.52. The molecule has 0 spiro atoms. The number of pyridine rings is 1. The molecule has 1 aromatic rings. The summed E-state index contributed by atoms with van der Waals surface area (Å²) in [6, 6.07) is 1.10. The fraction of sp³-hybridized carbons (Fsp3) is 0.250. The molecule has 0 aliphatic carbocycles. The van der Waals surface area contributed by atoms with Crippen molar-refractivity contribution in [3.05, 3.63) is 27.5 Å². The van der Waals surface area contributed by atoms with Crippen LogP contribution in [0.2, 0.25) is 0 Å². The van der Waals surface area contributed by atoms with Gasteiger partial charge >= 0.3 is 6.18 Å². The number of alkyl halides is 5. The number of nitrogens with zero attached hydrogens (tertiary/aromatic N) is 2. The van der Waals surface area contributed by atoms with E-state index in [0.717, 1.165) is 6.07 Å². The first-order chi connectivity index (χ1) is 7.29. The van der Waals surface area contributed by atoms with Crippen molar-refractivity contribution in [1.82, 2.24) is 4.98 Å². The van der Waals surface area contributed by atoms with Gasteiger partial charge in [0.1, 0.15) is 6.07 Å². The van der Waals surface area contributed by atoms with Crippen LogP contribution in [0, 0.1) is 11.3 Å². The molecule has 8 heteroatoms. The third kappa shape index (κ3) is 2.29. The van der Waals surface area contributed by atoms with Crippen LogP contribution in [0.4, 0.5) is 22.0 Å². The molecule has 0 saturated heterocycles. The number of hydrogen-bond donors (Lipinski definition) is 0. The lowest BCUT2D eigenvalue weighted by molar-refractivity contribution is -0.141. The van der Waals surface area contributed by atoms with E-state index in [1.54, 1.807) is 0 Å². The molecular weight excluding hydrogens is 299 g/mol. The maximum Gasteiger partial charge on any atom is 0.434 e. The first kappa shape index (κ1) is 12.8. The van der Waals surface area contributed by atoms with Gasteiger partial charge in [0.25, 0.3) is 6.43 Å². The van der Waals surface area contributed by atoms with Gasteiger partial charge in [0.2, 0.25) is 0 Å². The van der Waals surface area contributed by atoms with E-state index in [1.165, 1.54) is 0 Å². The van der Waals surface area contributed by atoms with Crippen LogP contribution in [0.25, 0.3) is 0 Å². The maximum absolute atomic E-state index is 12.5. The highest BCUT2D eigenvalue weighted by molar-refractivity contribution is 9.10. The molecule has 0 fully saturated rings. The molecule has 0 bridgehead atoms. The Morgan fingerprint density at radius 3 is 2.31 bits per heavy atom. The molecule has 0 atom stereocenters. The van der Waals surface area contributed by atoms with Gasteiger partial charge in [-0.1, -0.05) is 0 Å². The number of halogens is 6. The van der Waals surface area contributed by atoms with Crippen molar-refractivity contribution in [3.63, 3.8) is 0 Å². The summed E-state index contributed by atoms with van der Waals surface area (Å²) in [7, 11) is 0. The van der Waals surface area contributed by atoms with E-state index in [9.17, 15) is 22.0 Å². The third-order valence-electron chi connectivity index (χ3n) is 1.67. The van der Waals surface area contributed by atoms with Crippen LogP contribution in [0.1, 0.15) is 23.2 Å². The summed E-state index contributed by atoms with van der Waals surface area (Å²) in [6.45, 7) is 0. The smallest absolute Gasteiger partial charge is 0.249 e. The van der Waals surface area contributed by atoms with Crippen LogP contribution in [0.3, 0.4) is 0 Å². The lowest BCUT2D eigenvalue weighted by atomic mass is 10.1. The fourth-order valence-electron chi connectivity index (χ4n) is 1.04. The Bertz CT molecular complexity index is 449. The zero-order valence-electron chi connectivity index (χ0n) is 7.32. The van der Waals surface area contributed by atoms with Gasteiger partial charge in [-0.3, -0.25) is 0 Å². The van der Waals surface area contributed by atoms with Crippen molar-refractivity contribution >= 4 is 15.9 Å². The Balaban J connectivity index is 3.58. The van der Waals surface area contributed by atoms with E-state index in [4.69, 9.17) is 5.26 Å². The number of aromatic nitrogens is 1. The molecule has 0 aliphatic heterocycles. The molecule has 0 aromatic carbocycles. The van der Waals surface area contributed by atoms with E-state index in [-0.39, 0.29) is 4.47 Å². The first-order valence-corrected chi connectivity index (χ1v) is 4.52. The van der Waals surface area contributed by atoms with Crippen LogP contribution in [-0.2, 0) is 6.18 Å².